The van der Waals surface area contributed by atoms with Gasteiger partial charge in [0, 0.05) is 29.1 Å². The highest BCUT2D eigenvalue weighted by Gasteiger charge is 2.23. The van der Waals surface area contributed by atoms with Crippen molar-refractivity contribution in [1.82, 2.24) is 9.88 Å². The van der Waals surface area contributed by atoms with Crippen LogP contribution in [0.5, 0.6) is 0 Å². The highest BCUT2D eigenvalue weighted by Crippen LogP contribution is 2.31. The second-order valence-corrected chi connectivity index (χ2v) is 7.92. The van der Waals surface area contributed by atoms with Crippen LogP contribution in [0.4, 0.5) is 0 Å². The maximum atomic E-state index is 13.7. The summed E-state index contributed by atoms with van der Waals surface area (Å²) in [5.74, 6) is 0.109. The van der Waals surface area contributed by atoms with E-state index in [0.717, 1.165) is 72.1 Å². The quantitative estimate of drug-likeness (QED) is 0.405. The van der Waals surface area contributed by atoms with Gasteiger partial charge < -0.3 is 4.90 Å². The van der Waals surface area contributed by atoms with Gasteiger partial charge in [-0.05, 0) is 43.5 Å². The van der Waals surface area contributed by atoms with Crippen molar-refractivity contribution >= 4 is 28.4 Å². The molecule has 0 saturated heterocycles. The maximum Gasteiger partial charge on any atom is 0.254 e. The summed E-state index contributed by atoms with van der Waals surface area (Å²) in [5.41, 5.74) is 4.36. The van der Waals surface area contributed by atoms with Gasteiger partial charge >= 0.3 is 0 Å². The molecule has 29 heavy (non-hydrogen) atoms. The molecule has 0 aliphatic heterocycles. The molecule has 0 aliphatic rings. The molecule has 0 unspecified atom stereocenters. The van der Waals surface area contributed by atoms with E-state index in [-0.39, 0.29) is 5.91 Å². The third-order valence-corrected chi connectivity index (χ3v) is 5.57. The summed E-state index contributed by atoms with van der Waals surface area (Å²) >= 11 is 6.07. The molecular weight excluding hydrogens is 380 g/mol. The molecule has 1 amide bonds. The van der Waals surface area contributed by atoms with Crippen LogP contribution in [0.3, 0.4) is 0 Å². The molecular formula is C25H29ClN2O. The van der Waals surface area contributed by atoms with Crippen molar-refractivity contribution in [3.05, 3.63) is 64.7 Å². The smallest absolute Gasteiger partial charge is 0.254 e. The third-order valence-electron chi connectivity index (χ3n) is 5.32. The molecule has 0 bridgehead atoms. The van der Waals surface area contributed by atoms with Crippen molar-refractivity contribution < 1.29 is 4.79 Å². The average molecular weight is 409 g/mol. The van der Waals surface area contributed by atoms with Crippen molar-refractivity contribution in [2.75, 3.05) is 13.1 Å². The molecule has 0 atom stereocenters. The molecule has 0 fully saturated rings. The summed E-state index contributed by atoms with van der Waals surface area (Å²) in [6, 6.07) is 15.6. The zero-order valence-corrected chi connectivity index (χ0v) is 18.3. The number of carbonyl (C=O) groups is 1. The Labute approximate surface area is 178 Å². The summed E-state index contributed by atoms with van der Waals surface area (Å²) in [7, 11) is 0. The number of nitrogens with zero attached hydrogens (tertiary/aromatic N) is 2. The first-order valence-electron chi connectivity index (χ1n) is 10.5. The largest absolute Gasteiger partial charge is 0.339 e. The number of pyridine rings is 1. The third kappa shape index (κ3) is 4.79. The number of hydrogen-bond acceptors (Lipinski definition) is 2. The molecule has 3 nitrogen and oxygen atoms in total. The number of benzene rings is 2. The lowest BCUT2D eigenvalue weighted by Crippen LogP contribution is -2.33. The lowest BCUT2D eigenvalue weighted by atomic mass is 9.96. The van der Waals surface area contributed by atoms with Gasteiger partial charge in [-0.25, -0.2) is 4.98 Å². The van der Waals surface area contributed by atoms with Crippen LogP contribution in [-0.4, -0.2) is 28.9 Å². The molecule has 0 spiro atoms. The molecule has 0 radical (unpaired) electrons. The lowest BCUT2D eigenvalue weighted by molar-refractivity contribution is 0.0752. The Bertz CT molecular complexity index is 974. The van der Waals surface area contributed by atoms with E-state index < -0.39 is 0 Å². The Balaban J connectivity index is 2.15. The first-order chi connectivity index (χ1) is 14.1. The monoisotopic (exact) mass is 408 g/mol. The Morgan fingerprint density at radius 1 is 0.966 bits per heavy atom. The van der Waals surface area contributed by atoms with Crippen LogP contribution in [0.1, 0.15) is 55.5 Å². The van der Waals surface area contributed by atoms with E-state index in [1.54, 1.807) is 0 Å². The summed E-state index contributed by atoms with van der Waals surface area (Å²) < 4.78 is 0. The number of unbranched alkanes of at least 4 members (excludes halogenated alkanes) is 2. The first-order valence-corrected chi connectivity index (χ1v) is 10.9. The van der Waals surface area contributed by atoms with Crippen LogP contribution in [0, 0.1) is 6.92 Å². The number of carbonyl (C=O) groups excluding carboxylic acids is 1. The van der Waals surface area contributed by atoms with Crippen LogP contribution < -0.4 is 0 Å². The molecule has 3 rings (SSSR count). The molecule has 1 heterocycles. The van der Waals surface area contributed by atoms with Crippen LogP contribution >= 0.6 is 11.6 Å². The summed E-state index contributed by atoms with van der Waals surface area (Å²) in [4.78, 5) is 20.6. The topological polar surface area (TPSA) is 33.2 Å². The van der Waals surface area contributed by atoms with Gasteiger partial charge in [0.05, 0.1) is 16.8 Å². The number of halogens is 1. The minimum Gasteiger partial charge on any atom is -0.339 e. The van der Waals surface area contributed by atoms with E-state index in [2.05, 4.69) is 13.8 Å². The van der Waals surface area contributed by atoms with Crippen LogP contribution in [0.25, 0.3) is 22.2 Å². The highest BCUT2D eigenvalue weighted by atomic mass is 35.5. The van der Waals surface area contributed by atoms with E-state index in [1.807, 2.05) is 60.4 Å². The minimum atomic E-state index is 0.109. The van der Waals surface area contributed by atoms with Gasteiger partial charge in [0.25, 0.3) is 5.91 Å². The second kappa shape index (κ2) is 9.89. The lowest BCUT2D eigenvalue weighted by Gasteiger charge is -2.25. The van der Waals surface area contributed by atoms with Crippen molar-refractivity contribution in [2.45, 2.75) is 46.5 Å². The van der Waals surface area contributed by atoms with E-state index >= 15 is 0 Å². The molecule has 0 N–H and O–H groups in total. The Morgan fingerprint density at radius 3 is 2.21 bits per heavy atom. The predicted molar refractivity (Wildman–Crippen MR) is 123 cm³/mol. The molecule has 0 saturated carbocycles. The van der Waals surface area contributed by atoms with Crippen molar-refractivity contribution in [3.8, 4) is 11.3 Å². The number of rotatable bonds is 8. The molecule has 2 aromatic carbocycles. The molecule has 152 valence electrons. The summed E-state index contributed by atoms with van der Waals surface area (Å²) in [6.07, 6.45) is 4.17. The fourth-order valence-electron chi connectivity index (χ4n) is 3.64. The SMILES string of the molecule is CCCCN(CCCC)C(=O)c1c(C)c(-c2ccc(Cl)cc2)nc2ccccc12. The van der Waals surface area contributed by atoms with Gasteiger partial charge in [-0.15, -0.1) is 0 Å². The second-order valence-electron chi connectivity index (χ2n) is 7.48. The Kier molecular flexibility index (Phi) is 7.27. The van der Waals surface area contributed by atoms with Gasteiger partial charge in [0.2, 0.25) is 0 Å². The summed E-state index contributed by atoms with van der Waals surface area (Å²) in [6.45, 7) is 7.92. The van der Waals surface area contributed by atoms with Gasteiger partial charge in [0.15, 0.2) is 0 Å². The molecule has 0 aliphatic carbocycles. The number of hydrogen-bond donors (Lipinski definition) is 0. The molecule has 3 aromatic rings. The number of para-hydroxylation sites is 1. The van der Waals surface area contributed by atoms with Crippen molar-refractivity contribution in [3.63, 3.8) is 0 Å². The Morgan fingerprint density at radius 2 is 1.59 bits per heavy atom. The van der Waals surface area contributed by atoms with Crippen molar-refractivity contribution in [2.24, 2.45) is 0 Å². The van der Waals surface area contributed by atoms with Crippen molar-refractivity contribution in [1.29, 1.82) is 0 Å². The highest BCUT2D eigenvalue weighted by molar-refractivity contribution is 6.30. The number of fused-ring (bicyclic) bond motifs is 1. The fourth-order valence-corrected chi connectivity index (χ4v) is 3.77. The van der Waals surface area contributed by atoms with E-state index in [9.17, 15) is 4.79 Å². The van der Waals surface area contributed by atoms with Gasteiger partial charge in [0.1, 0.15) is 0 Å². The minimum absolute atomic E-state index is 0.109. The number of aromatic nitrogens is 1. The standard InChI is InChI=1S/C25H29ClN2O/c1-4-6-16-28(17-7-5-2)25(29)23-18(3)24(19-12-14-20(26)15-13-19)27-22-11-9-8-10-21(22)23/h8-15H,4-7,16-17H2,1-3H3. The van der Waals surface area contributed by atoms with Gasteiger partial charge in [-0.2, -0.15) is 0 Å². The van der Waals surface area contributed by atoms with Crippen LogP contribution in [0.2, 0.25) is 5.02 Å². The zero-order valence-electron chi connectivity index (χ0n) is 17.5. The van der Waals surface area contributed by atoms with Gasteiger partial charge in [-0.1, -0.05) is 68.6 Å². The van der Waals surface area contributed by atoms with E-state index in [0.29, 0.717) is 5.02 Å². The zero-order chi connectivity index (χ0) is 20.8. The normalized spacial score (nSPS) is 11.0. The van der Waals surface area contributed by atoms with Crippen LogP contribution in [0.15, 0.2) is 48.5 Å². The van der Waals surface area contributed by atoms with E-state index in [4.69, 9.17) is 16.6 Å². The maximum absolute atomic E-state index is 13.7. The van der Waals surface area contributed by atoms with E-state index in [1.165, 1.54) is 0 Å². The molecule has 4 heteroatoms. The predicted octanol–water partition coefficient (Wildman–Crippen LogP) is 6.91. The fraction of sp³-hybridized carbons (Fsp3) is 0.360. The van der Waals surface area contributed by atoms with Crippen LogP contribution in [-0.2, 0) is 0 Å². The van der Waals surface area contributed by atoms with Gasteiger partial charge in [-0.3, -0.25) is 4.79 Å². The first kappa shape index (κ1) is 21.3. The Hall–Kier alpha value is -2.39. The summed E-state index contributed by atoms with van der Waals surface area (Å²) in [5, 5.41) is 1.61. The number of amides is 1. The average Bonchev–Trinajstić information content (AvgIpc) is 2.74. The molecule has 1 aromatic heterocycles.